The summed E-state index contributed by atoms with van der Waals surface area (Å²) in [6.07, 6.45) is 0. The van der Waals surface area contributed by atoms with E-state index in [-0.39, 0.29) is 0 Å². The molecule has 4 aromatic heterocycles. The molecule has 0 spiro atoms. The molecule has 0 unspecified atom stereocenters. The number of aromatic nitrogens is 5. The lowest BCUT2D eigenvalue weighted by Crippen LogP contribution is -2.00. The minimum absolute atomic E-state index is 0.605. The van der Waals surface area contributed by atoms with E-state index in [1.807, 2.05) is 91.0 Å². The van der Waals surface area contributed by atoms with Crippen LogP contribution in [0.1, 0.15) is 0 Å². The Balaban J connectivity index is 1.00. The highest BCUT2D eigenvalue weighted by molar-refractivity contribution is 7.26. The van der Waals surface area contributed by atoms with Crippen molar-refractivity contribution >= 4 is 53.6 Å². The molecular formula is C49H29N5OS. The summed E-state index contributed by atoms with van der Waals surface area (Å²) in [6.45, 7) is 0. The second-order valence-corrected chi connectivity index (χ2v) is 14.7. The van der Waals surface area contributed by atoms with E-state index in [1.54, 1.807) is 11.3 Å². The summed E-state index contributed by atoms with van der Waals surface area (Å²) < 4.78 is 8.89. The number of hydrogen-bond donors (Lipinski definition) is 0. The molecule has 0 bridgehead atoms. The molecule has 0 aliphatic heterocycles. The number of hydrogen-bond acceptors (Lipinski definition) is 7. The van der Waals surface area contributed by atoms with Crippen LogP contribution in [-0.2, 0) is 0 Å². The van der Waals surface area contributed by atoms with Gasteiger partial charge in [-0.3, -0.25) is 0 Å². The number of rotatable bonds is 6. The van der Waals surface area contributed by atoms with Crippen molar-refractivity contribution in [3.8, 4) is 67.9 Å². The van der Waals surface area contributed by atoms with Gasteiger partial charge >= 0.3 is 0 Å². The number of para-hydroxylation sites is 1. The Morgan fingerprint density at radius 2 is 0.911 bits per heavy atom. The van der Waals surface area contributed by atoms with Gasteiger partial charge in [-0.05, 0) is 29.8 Å². The minimum Gasteiger partial charge on any atom is -0.455 e. The molecule has 0 saturated carbocycles. The van der Waals surface area contributed by atoms with E-state index in [1.165, 1.54) is 4.70 Å². The smallest absolute Gasteiger partial charge is 0.164 e. The van der Waals surface area contributed by atoms with Gasteiger partial charge in [0, 0.05) is 54.2 Å². The molecule has 0 aliphatic carbocycles. The van der Waals surface area contributed by atoms with Crippen LogP contribution in [0.4, 0.5) is 0 Å². The third-order valence-corrected chi connectivity index (χ3v) is 11.3. The maximum Gasteiger partial charge on any atom is 0.164 e. The van der Waals surface area contributed by atoms with Gasteiger partial charge in [0.25, 0.3) is 0 Å². The Morgan fingerprint density at radius 1 is 0.375 bits per heavy atom. The van der Waals surface area contributed by atoms with Gasteiger partial charge in [-0.2, -0.15) is 0 Å². The summed E-state index contributed by atoms with van der Waals surface area (Å²) in [5, 5.41) is 3.17. The highest BCUT2D eigenvalue weighted by atomic mass is 32.1. The summed E-state index contributed by atoms with van der Waals surface area (Å²) in [7, 11) is 0. The van der Waals surface area contributed by atoms with Gasteiger partial charge in [-0.15, -0.1) is 11.3 Å². The fourth-order valence-electron chi connectivity index (χ4n) is 7.41. The van der Waals surface area contributed by atoms with Gasteiger partial charge in [-0.25, -0.2) is 24.9 Å². The third-order valence-electron chi connectivity index (χ3n) is 10.2. The molecular weight excluding hydrogens is 707 g/mol. The zero-order valence-electron chi connectivity index (χ0n) is 29.8. The maximum atomic E-state index is 6.61. The summed E-state index contributed by atoms with van der Waals surface area (Å²) in [6, 6.07) is 59.8. The highest BCUT2D eigenvalue weighted by Crippen LogP contribution is 2.41. The minimum atomic E-state index is 0.605. The monoisotopic (exact) mass is 735 g/mol. The number of furan rings is 1. The van der Waals surface area contributed by atoms with Crippen LogP contribution < -0.4 is 0 Å². The molecule has 0 aliphatic rings. The molecule has 11 aromatic rings. The van der Waals surface area contributed by atoms with Crippen LogP contribution in [0, 0.1) is 0 Å². The second kappa shape index (κ2) is 13.2. The first-order valence-corrected chi connectivity index (χ1v) is 19.2. The largest absolute Gasteiger partial charge is 0.455 e. The topological polar surface area (TPSA) is 77.6 Å². The van der Waals surface area contributed by atoms with Crippen LogP contribution in [0.3, 0.4) is 0 Å². The van der Waals surface area contributed by atoms with Crippen LogP contribution in [-0.4, -0.2) is 24.9 Å². The first-order valence-electron chi connectivity index (χ1n) is 18.4. The van der Waals surface area contributed by atoms with Crippen molar-refractivity contribution in [2.24, 2.45) is 0 Å². The quantitative estimate of drug-likeness (QED) is 0.169. The van der Waals surface area contributed by atoms with E-state index in [0.717, 1.165) is 88.0 Å². The molecule has 0 fully saturated rings. The molecule has 0 atom stereocenters. The fourth-order valence-corrected chi connectivity index (χ4v) is 8.57. The van der Waals surface area contributed by atoms with Gasteiger partial charge in [-0.1, -0.05) is 152 Å². The van der Waals surface area contributed by atoms with Crippen molar-refractivity contribution in [2.75, 3.05) is 0 Å². The van der Waals surface area contributed by atoms with Crippen molar-refractivity contribution < 1.29 is 4.42 Å². The molecule has 7 heteroatoms. The predicted octanol–water partition coefficient (Wildman–Crippen LogP) is 12.9. The Kier molecular flexibility index (Phi) is 7.57. The summed E-state index contributed by atoms with van der Waals surface area (Å²) >= 11 is 1.74. The third kappa shape index (κ3) is 5.52. The van der Waals surface area contributed by atoms with Gasteiger partial charge in [0.15, 0.2) is 23.3 Å². The van der Waals surface area contributed by atoms with E-state index in [0.29, 0.717) is 17.5 Å². The van der Waals surface area contributed by atoms with E-state index in [4.69, 9.17) is 29.3 Å². The average molecular weight is 736 g/mol. The van der Waals surface area contributed by atoms with E-state index in [9.17, 15) is 0 Å². The Hall–Kier alpha value is -7.35. The van der Waals surface area contributed by atoms with Crippen molar-refractivity contribution in [2.45, 2.75) is 0 Å². The number of benzene rings is 7. The molecule has 0 amide bonds. The van der Waals surface area contributed by atoms with E-state index in [2.05, 4.69) is 84.9 Å². The van der Waals surface area contributed by atoms with Crippen LogP contribution in [0.15, 0.2) is 180 Å². The first kappa shape index (κ1) is 32.1. The molecule has 0 radical (unpaired) electrons. The number of thiophene rings is 1. The molecule has 7 aromatic carbocycles. The lowest BCUT2D eigenvalue weighted by Gasteiger charge is -2.09. The van der Waals surface area contributed by atoms with Crippen LogP contribution in [0.5, 0.6) is 0 Å². The summed E-state index contributed by atoms with van der Waals surface area (Å²) in [5.41, 5.74) is 10.4. The molecule has 4 heterocycles. The molecule has 11 rings (SSSR count). The van der Waals surface area contributed by atoms with Crippen molar-refractivity contribution in [3.05, 3.63) is 176 Å². The van der Waals surface area contributed by atoms with Crippen LogP contribution >= 0.6 is 11.3 Å². The lowest BCUT2D eigenvalue weighted by atomic mass is 9.99. The van der Waals surface area contributed by atoms with Crippen LogP contribution in [0.25, 0.3) is 110 Å². The normalized spacial score (nSPS) is 11.6. The Bertz CT molecular complexity index is 3180. The molecule has 262 valence electrons. The SMILES string of the molecule is c1ccc(-c2nc(-c3ccccc3)nc(-c3ccc4oc5c(-c6ccc(-c7nc(-c8ccccc8)nc8c7sc7ccccc78)cc6)cccc5c4c3)n2)cc1. The maximum absolute atomic E-state index is 6.61. The summed E-state index contributed by atoms with van der Waals surface area (Å²) in [4.78, 5) is 25.0. The lowest BCUT2D eigenvalue weighted by molar-refractivity contribution is 0.670. The predicted molar refractivity (Wildman–Crippen MR) is 228 cm³/mol. The molecule has 0 saturated heterocycles. The van der Waals surface area contributed by atoms with Gasteiger partial charge < -0.3 is 4.42 Å². The van der Waals surface area contributed by atoms with Gasteiger partial charge in [0.1, 0.15) is 11.2 Å². The molecule has 6 nitrogen and oxygen atoms in total. The Labute approximate surface area is 325 Å². The fraction of sp³-hybridized carbons (Fsp3) is 0. The van der Waals surface area contributed by atoms with E-state index < -0.39 is 0 Å². The standard InChI is InChI=1S/C49H29N5OS/c1-4-13-32(14-5-1)46-50-42(45-43(51-46)38-19-10-11-22-41(38)56-45)31-25-23-30(24-26-31)36-20-12-21-37-39-29-35(27-28-40(39)55-44(36)37)49-53-47(33-15-6-2-7-16-33)52-48(54-49)34-17-8-3-9-18-34/h1-29H. The van der Waals surface area contributed by atoms with Crippen LogP contribution in [0.2, 0.25) is 0 Å². The first-order chi connectivity index (χ1) is 27.7. The zero-order valence-corrected chi connectivity index (χ0v) is 30.6. The second-order valence-electron chi connectivity index (χ2n) is 13.6. The highest BCUT2D eigenvalue weighted by Gasteiger charge is 2.19. The van der Waals surface area contributed by atoms with Crippen molar-refractivity contribution in [3.63, 3.8) is 0 Å². The number of fused-ring (bicyclic) bond motifs is 6. The zero-order chi connectivity index (χ0) is 37.0. The van der Waals surface area contributed by atoms with Gasteiger partial charge in [0.2, 0.25) is 0 Å². The van der Waals surface area contributed by atoms with Crippen molar-refractivity contribution in [1.29, 1.82) is 0 Å². The average Bonchev–Trinajstić information content (AvgIpc) is 3.85. The summed E-state index contributed by atoms with van der Waals surface area (Å²) in [5.74, 6) is 2.58. The molecule has 0 N–H and O–H groups in total. The number of nitrogens with zero attached hydrogens (tertiary/aromatic N) is 5. The van der Waals surface area contributed by atoms with E-state index >= 15 is 0 Å². The van der Waals surface area contributed by atoms with Gasteiger partial charge in [0.05, 0.1) is 15.9 Å². The Morgan fingerprint density at radius 3 is 1.57 bits per heavy atom. The van der Waals surface area contributed by atoms with Crippen molar-refractivity contribution in [1.82, 2.24) is 24.9 Å². The molecule has 56 heavy (non-hydrogen) atoms.